The first-order chi connectivity index (χ1) is 13.9. The molecule has 0 aliphatic heterocycles. The Hall–Kier alpha value is -2.87. The van der Waals surface area contributed by atoms with Gasteiger partial charge in [-0.1, -0.05) is 17.7 Å². The Balaban J connectivity index is 1.53. The maximum absolute atomic E-state index is 12.6. The average Bonchev–Trinajstić information content (AvgIpc) is 3.16. The zero-order chi connectivity index (χ0) is 20.4. The zero-order valence-corrected chi connectivity index (χ0v) is 17.3. The number of carbonyl (C=O) groups is 1. The molecular formula is C21H15ClN2O3S2. The minimum Gasteiger partial charge on any atom is -0.322 e. The fraction of sp³-hybridized carbons (Fsp3) is 0. The van der Waals surface area contributed by atoms with Gasteiger partial charge >= 0.3 is 0 Å². The van der Waals surface area contributed by atoms with E-state index in [-0.39, 0.29) is 10.8 Å². The van der Waals surface area contributed by atoms with Gasteiger partial charge in [0, 0.05) is 26.7 Å². The van der Waals surface area contributed by atoms with Crippen LogP contribution in [0.2, 0.25) is 5.02 Å². The number of carbonyl (C=O) groups excluding carboxylic acids is 1. The Kier molecular flexibility index (Phi) is 5.27. The summed E-state index contributed by atoms with van der Waals surface area (Å²) >= 11 is 7.44. The van der Waals surface area contributed by atoms with Crippen molar-refractivity contribution >= 4 is 60.3 Å². The largest absolute Gasteiger partial charge is 0.322 e. The molecule has 0 spiro atoms. The molecule has 0 fully saturated rings. The molecule has 29 heavy (non-hydrogen) atoms. The normalized spacial score (nSPS) is 11.3. The number of nitrogens with one attached hydrogen (secondary N) is 2. The number of amides is 1. The summed E-state index contributed by atoms with van der Waals surface area (Å²) in [7, 11) is -3.79. The molecule has 0 aliphatic rings. The monoisotopic (exact) mass is 442 g/mol. The van der Waals surface area contributed by atoms with Crippen molar-refractivity contribution in [1.82, 2.24) is 0 Å². The Labute approximate surface area is 177 Å². The Morgan fingerprint density at radius 2 is 1.69 bits per heavy atom. The Morgan fingerprint density at radius 1 is 0.897 bits per heavy atom. The van der Waals surface area contributed by atoms with Gasteiger partial charge in [-0.15, -0.1) is 11.3 Å². The van der Waals surface area contributed by atoms with Crippen molar-refractivity contribution in [2.24, 2.45) is 0 Å². The second-order valence-electron chi connectivity index (χ2n) is 6.27. The summed E-state index contributed by atoms with van der Waals surface area (Å²) in [5.74, 6) is -0.327. The minimum absolute atomic E-state index is 0.0841. The van der Waals surface area contributed by atoms with Crippen molar-refractivity contribution in [2.75, 3.05) is 10.0 Å². The van der Waals surface area contributed by atoms with Crippen LogP contribution in [0.4, 0.5) is 11.4 Å². The van der Waals surface area contributed by atoms with Crippen LogP contribution in [0.1, 0.15) is 10.4 Å². The van der Waals surface area contributed by atoms with Crippen molar-refractivity contribution < 1.29 is 13.2 Å². The molecule has 0 bridgehead atoms. The minimum atomic E-state index is -3.79. The first kappa shape index (κ1) is 19.4. The summed E-state index contributed by atoms with van der Waals surface area (Å²) in [6.07, 6.45) is 0. The fourth-order valence-electron chi connectivity index (χ4n) is 2.80. The highest BCUT2D eigenvalue weighted by atomic mass is 35.5. The SMILES string of the molecule is O=C(Nc1ccc2sccc2c1)c1cccc(NS(=O)(=O)c2ccc(Cl)cc2)c1. The lowest BCUT2D eigenvalue weighted by Crippen LogP contribution is -2.15. The molecule has 0 saturated carbocycles. The van der Waals surface area contributed by atoms with Crippen molar-refractivity contribution in [1.29, 1.82) is 0 Å². The fourth-order valence-corrected chi connectivity index (χ4v) is 4.75. The number of hydrogen-bond donors (Lipinski definition) is 2. The van der Waals surface area contributed by atoms with Crippen molar-refractivity contribution in [2.45, 2.75) is 4.90 Å². The lowest BCUT2D eigenvalue weighted by Gasteiger charge is -2.10. The molecule has 0 atom stereocenters. The Bertz CT molecular complexity index is 1300. The third-order valence-corrected chi connectivity index (χ3v) is 6.76. The van der Waals surface area contributed by atoms with E-state index in [1.807, 2.05) is 29.6 Å². The van der Waals surface area contributed by atoms with E-state index >= 15 is 0 Å². The number of rotatable bonds is 5. The molecule has 2 N–H and O–H groups in total. The molecule has 8 heteroatoms. The predicted molar refractivity (Wildman–Crippen MR) is 118 cm³/mol. The average molecular weight is 443 g/mol. The summed E-state index contributed by atoms with van der Waals surface area (Å²) < 4.78 is 28.7. The van der Waals surface area contributed by atoms with Crippen LogP contribution in [0.3, 0.4) is 0 Å². The first-order valence-corrected chi connectivity index (χ1v) is 11.3. The summed E-state index contributed by atoms with van der Waals surface area (Å²) in [6, 6.07) is 19.8. The molecule has 5 nitrogen and oxygen atoms in total. The van der Waals surface area contributed by atoms with E-state index in [1.165, 1.54) is 30.3 Å². The number of anilines is 2. The molecule has 1 heterocycles. The molecule has 146 valence electrons. The van der Waals surface area contributed by atoms with Crippen LogP contribution >= 0.6 is 22.9 Å². The molecule has 0 radical (unpaired) electrons. The van der Waals surface area contributed by atoms with E-state index in [1.54, 1.807) is 29.5 Å². The molecule has 4 aromatic rings. The van der Waals surface area contributed by atoms with Crippen LogP contribution in [0.5, 0.6) is 0 Å². The van der Waals surface area contributed by atoms with Gasteiger partial charge in [-0.2, -0.15) is 0 Å². The van der Waals surface area contributed by atoms with Gasteiger partial charge in [-0.05, 0) is 77.5 Å². The first-order valence-electron chi connectivity index (χ1n) is 8.58. The molecular weight excluding hydrogens is 428 g/mol. The topological polar surface area (TPSA) is 75.3 Å². The third-order valence-electron chi connectivity index (χ3n) is 4.21. The standard InChI is InChI=1S/C21H15ClN2O3S2/c22-16-4-7-19(8-5-16)29(26,27)24-18-3-1-2-15(13-18)21(25)23-17-6-9-20-14(12-17)10-11-28-20/h1-13,24H,(H,23,25). The van der Waals surface area contributed by atoms with E-state index in [4.69, 9.17) is 11.6 Å². The van der Waals surface area contributed by atoms with Gasteiger partial charge in [0.15, 0.2) is 0 Å². The van der Waals surface area contributed by atoms with Gasteiger partial charge in [0.1, 0.15) is 0 Å². The molecule has 0 unspecified atom stereocenters. The van der Waals surface area contributed by atoms with E-state index < -0.39 is 10.0 Å². The maximum atomic E-state index is 12.6. The highest BCUT2D eigenvalue weighted by Crippen LogP contribution is 2.25. The number of thiophene rings is 1. The highest BCUT2D eigenvalue weighted by Gasteiger charge is 2.15. The third kappa shape index (κ3) is 4.42. The van der Waals surface area contributed by atoms with Gasteiger partial charge in [-0.25, -0.2) is 8.42 Å². The smallest absolute Gasteiger partial charge is 0.261 e. The Morgan fingerprint density at radius 3 is 2.48 bits per heavy atom. The number of halogens is 1. The number of benzene rings is 3. The van der Waals surface area contributed by atoms with Crippen LogP contribution in [0.25, 0.3) is 10.1 Å². The van der Waals surface area contributed by atoms with E-state index in [0.29, 0.717) is 22.0 Å². The molecule has 0 aliphatic carbocycles. The van der Waals surface area contributed by atoms with Crippen LogP contribution in [0, 0.1) is 0 Å². The van der Waals surface area contributed by atoms with Crippen molar-refractivity contribution in [3.05, 3.63) is 88.8 Å². The van der Waals surface area contributed by atoms with E-state index in [2.05, 4.69) is 10.0 Å². The molecule has 1 aromatic heterocycles. The van der Waals surface area contributed by atoms with E-state index in [0.717, 1.165) is 10.1 Å². The van der Waals surface area contributed by atoms with Gasteiger partial charge in [0.05, 0.1) is 4.90 Å². The number of hydrogen-bond acceptors (Lipinski definition) is 4. The van der Waals surface area contributed by atoms with Crippen LogP contribution in [-0.2, 0) is 10.0 Å². The summed E-state index contributed by atoms with van der Waals surface area (Å²) in [4.78, 5) is 12.7. The zero-order valence-electron chi connectivity index (χ0n) is 14.9. The lowest BCUT2D eigenvalue weighted by atomic mass is 10.2. The molecule has 1 amide bonds. The summed E-state index contributed by atoms with van der Waals surface area (Å²) in [6.45, 7) is 0. The summed E-state index contributed by atoms with van der Waals surface area (Å²) in [5, 5.41) is 6.34. The second-order valence-corrected chi connectivity index (χ2v) is 9.33. The van der Waals surface area contributed by atoms with Crippen LogP contribution in [0.15, 0.2) is 83.1 Å². The molecule has 4 rings (SSSR count). The summed E-state index contributed by atoms with van der Waals surface area (Å²) in [5.41, 5.74) is 1.31. The maximum Gasteiger partial charge on any atom is 0.261 e. The number of sulfonamides is 1. The van der Waals surface area contributed by atoms with Crippen molar-refractivity contribution in [3.8, 4) is 0 Å². The molecule has 0 saturated heterocycles. The highest BCUT2D eigenvalue weighted by molar-refractivity contribution is 7.92. The second kappa shape index (κ2) is 7.87. The predicted octanol–water partition coefficient (Wildman–Crippen LogP) is 5.61. The number of fused-ring (bicyclic) bond motifs is 1. The van der Waals surface area contributed by atoms with E-state index in [9.17, 15) is 13.2 Å². The van der Waals surface area contributed by atoms with Gasteiger partial charge in [0.25, 0.3) is 15.9 Å². The van der Waals surface area contributed by atoms with Crippen LogP contribution < -0.4 is 10.0 Å². The van der Waals surface area contributed by atoms with Crippen molar-refractivity contribution in [3.63, 3.8) is 0 Å². The lowest BCUT2D eigenvalue weighted by molar-refractivity contribution is 0.102. The van der Waals surface area contributed by atoms with Gasteiger partial charge in [-0.3, -0.25) is 9.52 Å². The van der Waals surface area contributed by atoms with Gasteiger partial charge < -0.3 is 5.32 Å². The quantitative estimate of drug-likeness (QED) is 0.422. The molecule has 3 aromatic carbocycles. The van der Waals surface area contributed by atoms with Crippen LogP contribution in [-0.4, -0.2) is 14.3 Å². The van der Waals surface area contributed by atoms with Gasteiger partial charge in [0.2, 0.25) is 0 Å².